The number of hydrogen-bond donors (Lipinski definition) is 1. The Bertz CT molecular complexity index is 141. The minimum Gasteiger partial charge on any atom is -0.313 e. The smallest absolute Gasteiger partial charge is 0.0247 e. The van der Waals surface area contributed by atoms with Crippen LogP contribution in [0.15, 0.2) is 0 Å². The fourth-order valence-electron chi connectivity index (χ4n) is 2.54. The van der Waals surface area contributed by atoms with Crippen molar-refractivity contribution >= 4 is 0 Å². The van der Waals surface area contributed by atoms with Gasteiger partial charge in [-0.3, -0.25) is 4.90 Å². The van der Waals surface area contributed by atoms with Crippen molar-refractivity contribution in [2.24, 2.45) is 0 Å². The molecule has 0 aromatic carbocycles. The molecule has 1 rings (SSSR count). The molecule has 2 unspecified atom stereocenters. The average molecular weight is 198 g/mol. The number of rotatable bonds is 5. The third-order valence-electron chi connectivity index (χ3n) is 3.21. The van der Waals surface area contributed by atoms with Gasteiger partial charge in [-0.05, 0) is 52.2 Å². The summed E-state index contributed by atoms with van der Waals surface area (Å²) in [5.41, 5.74) is 0. The molecule has 1 heterocycles. The zero-order chi connectivity index (χ0) is 10.4. The fourth-order valence-corrected chi connectivity index (χ4v) is 2.54. The first kappa shape index (κ1) is 12.0. The molecule has 1 fully saturated rings. The largest absolute Gasteiger partial charge is 0.313 e. The van der Waals surface area contributed by atoms with Crippen LogP contribution in [-0.4, -0.2) is 36.6 Å². The Labute approximate surface area is 89.1 Å². The maximum Gasteiger partial charge on any atom is 0.0247 e. The van der Waals surface area contributed by atoms with Crippen LogP contribution in [-0.2, 0) is 0 Å². The minimum absolute atomic E-state index is 0.682. The summed E-state index contributed by atoms with van der Waals surface area (Å²) in [7, 11) is 0. The lowest BCUT2D eigenvalue weighted by Gasteiger charge is -2.39. The van der Waals surface area contributed by atoms with E-state index >= 15 is 0 Å². The van der Waals surface area contributed by atoms with Crippen LogP contribution < -0.4 is 5.32 Å². The second-order valence-corrected chi connectivity index (χ2v) is 4.49. The summed E-state index contributed by atoms with van der Waals surface area (Å²) < 4.78 is 0. The molecule has 0 spiro atoms. The lowest BCUT2D eigenvalue weighted by molar-refractivity contribution is 0.133. The first-order chi connectivity index (χ1) is 6.79. The van der Waals surface area contributed by atoms with E-state index in [1.54, 1.807) is 0 Å². The molecule has 84 valence electrons. The van der Waals surface area contributed by atoms with E-state index in [9.17, 15) is 0 Å². The first-order valence-electron chi connectivity index (χ1n) is 6.27. The van der Waals surface area contributed by atoms with Crippen molar-refractivity contribution in [3.05, 3.63) is 0 Å². The molecule has 1 aliphatic heterocycles. The predicted octanol–water partition coefficient (Wildman–Crippen LogP) is 2.25. The lowest BCUT2D eigenvalue weighted by Crippen LogP contribution is -2.52. The maximum atomic E-state index is 3.59. The maximum absolute atomic E-state index is 3.59. The average Bonchev–Trinajstić information content (AvgIpc) is 2.18. The van der Waals surface area contributed by atoms with Gasteiger partial charge in [-0.2, -0.15) is 0 Å². The molecule has 2 atom stereocenters. The van der Waals surface area contributed by atoms with Crippen molar-refractivity contribution in [2.45, 2.75) is 58.5 Å². The van der Waals surface area contributed by atoms with E-state index in [-0.39, 0.29) is 0 Å². The topological polar surface area (TPSA) is 15.3 Å². The van der Waals surface area contributed by atoms with Gasteiger partial charge in [-0.25, -0.2) is 0 Å². The molecule has 1 N–H and O–H groups in total. The van der Waals surface area contributed by atoms with Crippen molar-refractivity contribution in [1.82, 2.24) is 10.2 Å². The Balaban J connectivity index is 2.46. The van der Waals surface area contributed by atoms with E-state index in [1.807, 2.05) is 0 Å². The molecule has 0 aromatic rings. The van der Waals surface area contributed by atoms with Gasteiger partial charge in [0.05, 0.1) is 0 Å². The standard InChI is InChI=1S/C12H26N2/c1-4-9-14(10-5-2)12-7-6-8-13-11(12)3/h11-13H,4-10H2,1-3H3. The van der Waals surface area contributed by atoms with E-state index in [4.69, 9.17) is 0 Å². The third kappa shape index (κ3) is 3.25. The Morgan fingerprint density at radius 1 is 1.21 bits per heavy atom. The van der Waals surface area contributed by atoms with Crippen LogP contribution in [0.2, 0.25) is 0 Å². The van der Waals surface area contributed by atoms with Crippen LogP contribution in [0.5, 0.6) is 0 Å². The molecule has 0 bridgehead atoms. The fraction of sp³-hybridized carbons (Fsp3) is 1.00. The number of nitrogens with zero attached hydrogens (tertiary/aromatic N) is 1. The first-order valence-corrected chi connectivity index (χ1v) is 6.27. The zero-order valence-corrected chi connectivity index (χ0v) is 10.1. The van der Waals surface area contributed by atoms with Gasteiger partial charge in [0.25, 0.3) is 0 Å². The Kier molecular flexibility index (Phi) is 5.49. The van der Waals surface area contributed by atoms with Gasteiger partial charge in [-0.15, -0.1) is 0 Å². The molecule has 0 saturated carbocycles. The molecular formula is C12H26N2. The minimum atomic E-state index is 0.682. The quantitative estimate of drug-likeness (QED) is 0.729. The van der Waals surface area contributed by atoms with Gasteiger partial charge in [0.15, 0.2) is 0 Å². The van der Waals surface area contributed by atoms with E-state index < -0.39 is 0 Å². The Hall–Kier alpha value is -0.0800. The summed E-state index contributed by atoms with van der Waals surface area (Å²) in [4.78, 5) is 2.68. The molecular weight excluding hydrogens is 172 g/mol. The van der Waals surface area contributed by atoms with E-state index in [1.165, 1.54) is 45.3 Å². The molecule has 2 nitrogen and oxygen atoms in total. The molecule has 0 radical (unpaired) electrons. The molecule has 1 aliphatic rings. The monoisotopic (exact) mass is 198 g/mol. The van der Waals surface area contributed by atoms with Gasteiger partial charge in [-0.1, -0.05) is 13.8 Å². The third-order valence-corrected chi connectivity index (χ3v) is 3.21. The summed E-state index contributed by atoms with van der Waals surface area (Å²) in [5, 5.41) is 3.59. The second kappa shape index (κ2) is 6.41. The van der Waals surface area contributed by atoms with Gasteiger partial charge in [0.2, 0.25) is 0 Å². The van der Waals surface area contributed by atoms with Crippen molar-refractivity contribution in [3.8, 4) is 0 Å². The molecule has 0 aromatic heterocycles. The van der Waals surface area contributed by atoms with Crippen molar-refractivity contribution in [2.75, 3.05) is 19.6 Å². The normalized spacial score (nSPS) is 28.3. The van der Waals surface area contributed by atoms with Crippen LogP contribution in [0.25, 0.3) is 0 Å². The SMILES string of the molecule is CCCN(CCC)C1CCCNC1C. The summed E-state index contributed by atoms with van der Waals surface area (Å²) in [6.45, 7) is 10.6. The summed E-state index contributed by atoms with van der Waals surface area (Å²) in [6, 6.07) is 1.46. The molecule has 0 aliphatic carbocycles. The number of nitrogens with one attached hydrogen (secondary N) is 1. The highest BCUT2D eigenvalue weighted by atomic mass is 15.2. The van der Waals surface area contributed by atoms with Gasteiger partial charge in [0.1, 0.15) is 0 Å². The van der Waals surface area contributed by atoms with E-state index in [2.05, 4.69) is 31.0 Å². The molecule has 2 heteroatoms. The zero-order valence-electron chi connectivity index (χ0n) is 10.1. The summed E-state index contributed by atoms with van der Waals surface area (Å²) in [5.74, 6) is 0. The van der Waals surface area contributed by atoms with Gasteiger partial charge < -0.3 is 5.32 Å². The number of piperidine rings is 1. The van der Waals surface area contributed by atoms with Gasteiger partial charge in [0, 0.05) is 12.1 Å². The molecule has 0 amide bonds. The summed E-state index contributed by atoms with van der Waals surface area (Å²) in [6.07, 6.45) is 5.29. The molecule has 14 heavy (non-hydrogen) atoms. The predicted molar refractivity (Wildman–Crippen MR) is 62.6 cm³/mol. The highest BCUT2D eigenvalue weighted by molar-refractivity contribution is 4.85. The van der Waals surface area contributed by atoms with E-state index in [0.717, 1.165) is 6.04 Å². The van der Waals surface area contributed by atoms with Crippen molar-refractivity contribution in [3.63, 3.8) is 0 Å². The van der Waals surface area contributed by atoms with Crippen LogP contribution >= 0.6 is 0 Å². The van der Waals surface area contributed by atoms with Crippen LogP contribution in [0, 0.1) is 0 Å². The van der Waals surface area contributed by atoms with Crippen LogP contribution in [0.3, 0.4) is 0 Å². The lowest BCUT2D eigenvalue weighted by atomic mass is 9.97. The number of hydrogen-bond acceptors (Lipinski definition) is 2. The van der Waals surface area contributed by atoms with Gasteiger partial charge >= 0.3 is 0 Å². The van der Waals surface area contributed by atoms with Crippen molar-refractivity contribution < 1.29 is 0 Å². The Morgan fingerprint density at radius 2 is 1.86 bits per heavy atom. The van der Waals surface area contributed by atoms with Crippen molar-refractivity contribution in [1.29, 1.82) is 0 Å². The highest BCUT2D eigenvalue weighted by Gasteiger charge is 2.25. The van der Waals surface area contributed by atoms with Crippen LogP contribution in [0.4, 0.5) is 0 Å². The van der Waals surface area contributed by atoms with E-state index in [0.29, 0.717) is 6.04 Å². The Morgan fingerprint density at radius 3 is 2.36 bits per heavy atom. The molecule has 1 saturated heterocycles. The second-order valence-electron chi connectivity index (χ2n) is 4.49. The summed E-state index contributed by atoms with van der Waals surface area (Å²) >= 11 is 0. The van der Waals surface area contributed by atoms with Crippen LogP contribution in [0.1, 0.15) is 46.5 Å². The highest BCUT2D eigenvalue weighted by Crippen LogP contribution is 2.16.